The molecule has 1 heterocycles. The topological polar surface area (TPSA) is 93.1 Å². The molecular weight excluding hydrogens is 186 g/mol. The predicted octanol–water partition coefficient (Wildman–Crippen LogP) is 0.203. The number of nitrogens with two attached hydrogens (primary N) is 1. The van der Waals surface area contributed by atoms with Crippen molar-refractivity contribution in [2.45, 2.75) is 0 Å². The maximum atomic E-state index is 10.9. The SMILES string of the molecule is NC(=O)c1cccc2c1OC=CO2.O. The van der Waals surface area contributed by atoms with Crippen molar-refractivity contribution >= 4 is 5.91 Å². The van der Waals surface area contributed by atoms with Crippen molar-refractivity contribution in [3.05, 3.63) is 36.3 Å². The number of primary amides is 1. The van der Waals surface area contributed by atoms with Gasteiger partial charge in [-0.1, -0.05) is 6.07 Å². The Morgan fingerprint density at radius 1 is 1.21 bits per heavy atom. The molecule has 2 rings (SSSR count). The van der Waals surface area contributed by atoms with E-state index in [2.05, 4.69) is 0 Å². The fraction of sp³-hybridized carbons (Fsp3) is 0. The fourth-order valence-electron chi connectivity index (χ4n) is 1.12. The van der Waals surface area contributed by atoms with Crippen LogP contribution in [0.1, 0.15) is 10.4 Å². The van der Waals surface area contributed by atoms with Crippen molar-refractivity contribution in [2.24, 2.45) is 5.73 Å². The Hall–Kier alpha value is -2.01. The summed E-state index contributed by atoms with van der Waals surface area (Å²) >= 11 is 0. The van der Waals surface area contributed by atoms with Crippen LogP contribution in [-0.4, -0.2) is 11.4 Å². The van der Waals surface area contributed by atoms with Crippen molar-refractivity contribution in [1.82, 2.24) is 0 Å². The van der Waals surface area contributed by atoms with Gasteiger partial charge in [0.1, 0.15) is 12.5 Å². The molecule has 0 aromatic heterocycles. The van der Waals surface area contributed by atoms with Gasteiger partial charge in [-0.25, -0.2) is 0 Å². The standard InChI is InChI=1S/C9H7NO3.H2O/c10-9(11)6-2-1-3-7-8(6)13-5-4-12-7;/h1-5H,(H2,10,11);1H2. The summed E-state index contributed by atoms with van der Waals surface area (Å²) in [4.78, 5) is 10.9. The van der Waals surface area contributed by atoms with E-state index in [9.17, 15) is 4.79 Å². The summed E-state index contributed by atoms with van der Waals surface area (Å²) < 4.78 is 10.2. The van der Waals surface area contributed by atoms with E-state index in [-0.39, 0.29) is 5.48 Å². The summed E-state index contributed by atoms with van der Waals surface area (Å²) in [6, 6.07) is 4.97. The number of rotatable bonds is 1. The number of hydrogen-bond acceptors (Lipinski definition) is 3. The molecule has 1 aromatic rings. The van der Waals surface area contributed by atoms with E-state index in [4.69, 9.17) is 15.2 Å². The third-order valence-electron chi connectivity index (χ3n) is 1.68. The number of ether oxygens (including phenoxy) is 2. The predicted molar refractivity (Wildman–Crippen MR) is 49.0 cm³/mol. The average Bonchev–Trinajstić information content (AvgIpc) is 2.17. The largest absolute Gasteiger partial charge is 0.458 e. The van der Waals surface area contributed by atoms with Gasteiger partial charge < -0.3 is 20.7 Å². The second kappa shape index (κ2) is 3.80. The molecule has 5 heteroatoms. The molecule has 0 bridgehead atoms. The molecular formula is C9H9NO4. The van der Waals surface area contributed by atoms with Crippen molar-refractivity contribution < 1.29 is 19.7 Å². The molecule has 0 atom stereocenters. The summed E-state index contributed by atoms with van der Waals surface area (Å²) in [7, 11) is 0. The summed E-state index contributed by atoms with van der Waals surface area (Å²) in [5.41, 5.74) is 5.46. The van der Waals surface area contributed by atoms with Crippen molar-refractivity contribution in [1.29, 1.82) is 0 Å². The molecule has 0 fully saturated rings. The fourth-order valence-corrected chi connectivity index (χ4v) is 1.12. The van der Waals surface area contributed by atoms with E-state index in [1.165, 1.54) is 12.5 Å². The molecule has 0 spiro atoms. The van der Waals surface area contributed by atoms with Crippen LogP contribution in [-0.2, 0) is 0 Å². The Balaban J connectivity index is 0.000000980. The highest BCUT2D eigenvalue weighted by Crippen LogP contribution is 2.33. The van der Waals surface area contributed by atoms with E-state index in [1.807, 2.05) is 0 Å². The number of amides is 1. The number of carbonyl (C=O) groups excluding carboxylic acids is 1. The summed E-state index contributed by atoms with van der Waals surface area (Å²) in [5, 5.41) is 0. The Labute approximate surface area is 80.0 Å². The smallest absolute Gasteiger partial charge is 0.252 e. The summed E-state index contributed by atoms with van der Waals surface area (Å²) in [6.45, 7) is 0. The van der Waals surface area contributed by atoms with Gasteiger partial charge in [0.15, 0.2) is 11.5 Å². The quantitative estimate of drug-likeness (QED) is 0.693. The second-order valence-corrected chi connectivity index (χ2v) is 2.50. The van der Waals surface area contributed by atoms with Crippen molar-refractivity contribution in [3.8, 4) is 11.5 Å². The van der Waals surface area contributed by atoms with Crippen LogP contribution in [0.4, 0.5) is 0 Å². The zero-order valence-corrected chi connectivity index (χ0v) is 7.19. The lowest BCUT2D eigenvalue weighted by molar-refractivity contribution is 0.0997. The maximum Gasteiger partial charge on any atom is 0.252 e. The molecule has 1 amide bonds. The minimum Gasteiger partial charge on any atom is -0.458 e. The number of fused-ring (bicyclic) bond motifs is 1. The maximum absolute atomic E-state index is 10.9. The highest BCUT2D eigenvalue weighted by atomic mass is 16.5. The van der Waals surface area contributed by atoms with Crippen LogP contribution >= 0.6 is 0 Å². The van der Waals surface area contributed by atoms with Crippen molar-refractivity contribution in [3.63, 3.8) is 0 Å². The molecule has 14 heavy (non-hydrogen) atoms. The normalized spacial score (nSPS) is 11.7. The minimum atomic E-state index is -0.532. The minimum absolute atomic E-state index is 0. The molecule has 1 aliphatic rings. The van der Waals surface area contributed by atoms with Crippen LogP contribution < -0.4 is 15.2 Å². The Morgan fingerprint density at radius 3 is 2.64 bits per heavy atom. The van der Waals surface area contributed by atoms with Gasteiger partial charge in [-0.3, -0.25) is 4.79 Å². The van der Waals surface area contributed by atoms with Gasteiger partial charge in [0.25, 0.3) is 5.91 Å². The molecule has 74 valence electrons. The van der Waals surface area contributed by atoms with Crippen LogP contribution in [0.5, 0.6) is 11.5 Å². The summed E-state index contributed by atoms with van der Waals surface area (Å²) in [5.74, 6) is 0.340. The number of hydrogen-bond donors (Lipinski definition) is 1. The molecule has 1 aromatic carbocycles. The molecule has 0 aliphatic carbocycles. The third kappa shape index (κ3) is 1.53. The van der Waals surface area contributed by atoms with Gasteiger partial charge in [-0.15, -0.1) is 0 Å². The Kier molecular flexibility index (Phi) is 2.73. The zero-order valence-electron chi connectivity index (χ0n) is 7.19. The first-order valence-electron chi connectivity index (χ1n) is 3.70. The molecule has 0 saturated heterocycles. The van der Waals surface area contributed by atoms with Gasteiger partial charge >= 0.3 is 0 Å². The Bertz CT molecular complexity index is 386. The van der Waals surface area contributed by atoms with E-state index in [0.717, 1.165) is 0 Å². The van der Waals surface area contributed by atoms with Gasteiger partial charge in [0.05, 0.1) is 5.56 Å². The monoisotopic (exact) mass is 195 g/mol. The van der Waals surface area contributed by atoms with E-state index in [0.29, 0.717) is 17.1 Å². The molecule has 0 radical (unpaired) electrons. The van der Waals surface area contributed by atoms with Gasteiger partial charge in [-0.05, 0) is 12.1 Å². The average molecular weight is 195 g/mol. The number of carbonyl (C=O) groups is 1. The van der Waals surface area contributed by atoms with E-state index >= 15 is 0 Å². The van der Waals surface area contributed by atoms with Crippen LogP contribution in [0.25, 0.3) is 0 Å². The highest BCUT2D eigenvalue weighted by molar-refractivity contribution is 5.96. The van der Waals surface area contributed by atoms with E-state index in [1.54, 1.807) is 18.2 Å². The second-order valence-electron chi connectivity index (χ2n) is 2.50. The first-order chi connectivity index (χ1) is 6.29. The highest BCUT2D eigenvalue weighted by Gasteiger charge is 2.16. The van der Waals surface area contributed by atoms with Crippen LogP contribution in [0.3, 0.4) is 0 Å². The van der Waals surface area contributed by atoms with Gasteiger partial charge in [-0.2, -0.15) is 0 Å². The van der Waals surface area contributed by atoms with Crippen LogP contribution in [0.15, 0.2) is 30.7 Å². The molecule has 1 aliphatic heterocycles. The van der Waals surface area contributed by atoms with Crippen LogP contribution in [0.2, 0.25) is 0 Å². The number of para-hydroxylation sites is 1. The molecule has 0 saturated carbocycles. The summed E-state index contributed by atoms with van der Waals surface area (Å²) in [6.07, 6.45) is 2.75. The van der Waals surface area contributed by atoms with E-state index < -0.39 is 5.91 Å². The lowest BCUT2D eigenvalue weighted by atomic mass is 10.1. The first-order valence-corrected chi connectivity index (χ1v) is 3.70. The lowest BCUT2D eigenvalue weighted by Gasteiger charge is -2.13. The van der Waals surface area contributed by atoms with Crippen molar-refractivity contribution in [2.75, 3.05) is 0 Å². The molecule has 5 nitrogen and oxygen atoms in total. The first kappa shape index (κ1) is 10.1. The third-order valence-corrected chi connectivity index (χ3v) is 1.68. The lowest BCUT2D eigenvalue weighted by Crippen LogP contribution is -2.13. The zero-order chi connectivity index (χ0) is 9.26. The Morgan fingerprint density at radius 2 is 1.93 bits per heavy atom. The molecule has 4 N–H and O–H groups in total. The number of benzene rings is 1. The van der Waals surface area contributed by atoms with Gasteiger partial charge in [0, 0.05) is 0 Å². The molecule has 0 unspecified atom stereocenters. The van der Waals surface area contributed by atoms with Gasteiger partial charge in [0.2, 0.25) is 0 Å². The van der Waals surface area contributed by atoms with Crippen LogP contribution in [0, 0.1) is 0 Å².